The molecular formula is C30H55N5O5. The first kappa shape index (κ1) is 34.0. The number of amides is 3. The molecule has 2 heterocycles. The Bertz CT molecular complexity index is 901. The molecule has 0 radical (unpaired) electrons. The summed E-state index contributed by atoms with van der Waals surface area (Å²) in [5, 5.41) is 12.8. The largest absolute Gasteiger partial charge is 0.480 e. The first-order chi connectivity index (χ1) is 18.5. The first-order valence-corrected chi connectivity index (χ1v) is 15.0. The van der Waals surface area contributed by atoms with Gasteiger partial charge in [-0.3, -0.25) is 24.2 Å². The Morgan fingerprint density at radius 2 is 1.50 bits per heavy atom. The SMILES string of the molecule is CC(C)[C@@H](CN1CCC[C@H]1C(=O)N(C)[C@@H](C(=O)O)C(C)C)N(C)C(=O)C(NC(=O)[C@H]1CCCCN1C)C(C)(C)C. The van der Waals surface area contributed by atoms with E-state index in [2.05, 4.69) is 29.0 Å². The maximum absolute atomic E-state index is 14.0. The summed E-state index contributed by atoms with van der Waals surface area (Å²) in [6.45, 7) is 15.7. The lowest BCUT2D eigenvalue weighted by atomic mass is 9.84. The number of hydrogen-bond acceptors (Lipinski definition) is 6. The van der Waals surface area contributed by atoms with Crippen LogP contribution in [0.2, 0.25) is 0 Å². The molecule has 10 nitrogen and oxygen atoms in total. The van der Waals surface area contributed by atoms with E-state index in [1.807, 2.05) is 27.8 Å². The second kappa shape index (κ2) is 14.1. The third kappa shape index (κ3) is 8.18. The monoisotopic (exact) mass is 565 g/mol. The van der Waals surface area contributed by atoms with E-state index in [-0.39, 0.29) is 41.6 Å². The van der Waals surface area contributed by atoms with Gasteiger partial charge in [-0.05, 0) is 63.1 Å². The number of piperidine rings is 1. The van der Waals surface area contributed by atoms with Crippen molar-refractivity contribution in [2.75, 3.05) is 40.8 Å². The van der Waals surface area contributed by atoms with Gasteiger partial charge in [-0.25, -0.2) is 4.79 Å². The van der Waals surface area contributed by atoms with Gasteiger partial charge in [0.2, 0.25) is 17.7 Å². The molecule has 230 valence electrons. The zero-order chi connectivity index (χ0) is 30.5. The molecule has 0 aromatic rings. The molecule has 2 rings (SSSR count). The molecule has 2 aliphatic rings. The van der Waals surface area contributed by atoms with Crippen LogP contribution in [0.1, 0.15) is 80.6 Å². The van der Waals surface area contributed by atoms with Gasteiger partial charge in [0.25, 0.3) is 0 Å². The van der Waals surface area contributed by atoms with Gasteiger partial charge in [0.05, 0.1) is 12.1 Å². The average molecular weight is 566 g/mol. The van der Waals surface area contributed by atoms with Crippen molar-refractivity contribution in [2.24, 2.45) is 17.3 Å². The molecule has 2 aliphatic heterocycles. The number of hydrogen-bond donors (Lipinski definition) is 2. The van der Waals surface area contributed by atoms with Crippen LogP contribution in [0.3, 0.4) is 0 Å². The second-order valence-corrected chi connectivity index (χ2v) is 13.7. The van der Waals surface area contributed by atoms with Crippen LogP contribution >= 0.6 is 0 Å². The van der Waals surface area contributed by atoms with Crippen LogP contribution in [0.5, 0.6) is 0 Å². The fourth-order valence-electron chi connectivity index (χ4n) is 6.28. The Morgan fingerprint density at radius 1 is 0.900 bits per heavy atom. The van der Waals surface area contributed by atoms with E-state index in [0.717, 1.165) is 32.2 Å². The molecule has 0 bridgehead atoms. The average Bonchev–Trinajstić information content (AvgIpc) is 3.31. The quantitative estimate of drug-likeness (QED) is 0.396. The fraction of sp³-hybridized carbons (Fsp3) is 0.867. The zero-order valence-electron chi connectivity index (χ0n) is 26.6. The summed E-state index contributed by atoms with van der Waals surface area (Å²) in [5.74, 6) is -1.54. The van der Waals surface area contributed by atoms with E-state index >= 15 is 0 Å². The molecule has 0 aromatic heterocycles. The number of rotatable bonds is 11. The number of carboxylic acids is 1. The molecule has 5 atom stereocenters. The van der Waals surface area contributed by atoms with Crippen molar-refractivity contribution in [3.8, 4) is 0 Å². The van der Waals surface area contributed by atoms with Crippen LogP contribution in [0, 0.1) is 17.3 Å². The number of aliphatic carboxylic acids is 1. The molecule has 0 saturated carbocycles. The Balaban J connectivity index is 2.22. The predicted octanol–water partition coefficient (Wildman–Crippen LogP) is 2.52. The Kier molecular flexibility index (Phi) is 12.0. The maximum atomic E-state index is 14.0. The van der Waals surface area contributed by atoms with Crippen LogP contribution in [-0.4, -0.2) is 119 Å². The molecule has 0 aromatic carbocycles. The van der Waals surface area contributed by atoms with Crippen LogP contribution in [0.25, 0.3) is 0 Å². The highest BCUT2D eigenvalue weighted by Crippen LogP contribution is 2.27. The minimum absolute atomic E-state index is 0.101. The zero-order valence-corrected chi connectivity index (χ0v) is 26.6. The van der Waals surface area contributed by atoms with Gasteiger partial charge in [0.1, 0.15) is 12.1 Å². The smallest absolute Gasteiger partial charge is 0.326 e. The highest BCUT2D eigenvalue weighted by molar-refractivity contribution is 5.90. The highest BCUT2D eigenvalue weighted by Gasteiger charge is 2.42. The summed E-state index contributed by atoms with van der Waals surface area (Å²) in [5.41, 5.74) is -0.493. The molecule has 1 unspecified atom stereocenters. The van der Waals surface area contributed by atoms with Crippen molar-refractivity contribution in [3.05, 3.63) is 0 Å². The van der Waals surface area contributed by atoms with Crippen LogP contribution in [0.4, 0.5) is 0 Å². The van der Waals surface area contributed by atoms with Gasteiger partial charge in [0.15, 0.2) is 0 Å². The number of carbonyl (C=O) groups excluding carboxylic acids is 3. The van der Waals surface area contributed by atoms with E-state index in [9.17, 15) is 24.3 Å². The summed E-state index contributed by atoms with van der Waals surface area (Å²) >= 11 is 0. The van der Waals surface area contributed by atoms with E-state index in [1.165, 1.54) is 4.90 Å². The summed E-state index contributed by atoms with van der Waals surface area (Å²) in [6.07, 6.45) is 4.36. The molecule has 0 spiro atoms. The van der Waals surface area contributed by atoms with Crippen LogP contribution < -0.4 is 5.32 Å². The van der Waals surface area contributed by atoms with Crippen molar-refractivity contribution < 1.29 is 24.3 Å². The summed E-state index contributed by atoms with van der Waals surface area (Å²) < 4.78 is 0. The highest BCUT2D eigenvalue weighted by atomic mass is 16.4. The fourth-order valence-corrected chi connectivity index (χ4v) is 6.28. The summed E-state index contributed by atoms with van der Waals surface area (Å²) in [7, 11) is 5.33. The normalized spacial score (nSPS) is 23.1. The number of nitrogens with zero attached hydrogens (tertiary/aromatic N) is 4. The lowest BCUT2D eigenvalue weighted by Gasteiger charge is -2.41. The standard InChI is InChI=1S/C30H55N5O5/c1-19(2)23(18-35-17-13-15-22(35)27(37)34(10)24(20(3)4)29(39)40)33(9)28(38)25(30(5,6)7)31-26(36)21-14-11-12-16-32(21)8/h19-25H,11-18H2,1-10H3,(H,31,36)(H,39,40)/t21-,22+,23-,24-,25?/m1/s1. The van der Waals surface area contributed by atoms with Gasteiger partial charge >= 0.3 is 5.97 Å². The van der Waals surface area contributed by atoms with Crippen molar-refractivity contribution >= 4 is 23.7 Å². The van der Waals surface area contributed by atoms with Gasteiger partial charge in [-0.2, -0.15) is 0 Å². The van der Waals surface area contributed by atoms with Gasteiger partial charge < -0.3 is 20.2 Å². The number of carbonyl (C=O) groups is 4. The van der Waals surface area contributed by atoms with Gasteiger partial charge in [-0.1, -0.05) is 54.9 Å². The third-order valence-electron chi connectivity index (χ3n) is 8.81. The van der Waals surface area contributed by atoms with E-state index in [1.54, 1.807) is 32.8 Å². The number of carboxylic acid groups (broad SMARTS) is 1. The second-order valence-electron chi connectivity index (χ2n) is 13.7. The molecular weight excluding hydrogens is 510 g/mol. The summed E-state index contributed by atoms with van der Waals surface area (Å²) in [6, 6.07) is -2.42. The van der Waals surface area contributed by atoms with Crippen LogP contribution in [0.15, 0.2) is 0 Å². The van der Waals surface area contributed by atoms with E-state index in [4.69, 9.17) is 0 Å². The van der Waals surface area contributed by atoms with Crippen molar-refractivity contribution in [1.82, 2.24) is 24.9 Å². The summed E-state index contributed by atoms with van der Waals surface area (Å²) in [4.78, 5) is 60.0. The van der Waals surface area contributed by atoms with E-state index in [0.29, 0.717) is 19.5 Å². The van der Waals surface area contributed by atoms with Gasteiger partial charge in [0, 0.05) is 26.7 Å². The number of likely N-dealkylation sites (N-methyl/N-ethyl adjacent to an activating group) is 3. The van der Waals surface area contributed by atoms with Crippen molar-refractivity contribution in [3.63, 3.8) is 0 Å². The molecule has 2 saturated heterocycles. The number of likely N-dealkylation sites (tertiary alicyclic amines) is 2. The molecule has 2 N–H and O–H groups in total. The minimum Gasteiger partial charge on any atom is -0.480 e. The molecule has 10 heteroatoms. The lowest BCUT2D eigenvalue weighted by Crippen LogP contribution is -2.61. The Hall–Kier alpha value is -2.20. The predicted molar refractivity (Wildman–Crippen MR) is 157 cm³/mol. The molecule has 0 aliphatic carbocycles. The lowest BCUT2D eigenvalue weighted by molar-refractivity contribution is -0.153. The Labute approximate surface area is 241 Å². The molecule has 2 fully saturated rings. The Morgan fingerprint density at radius 3 is 2.00 bits per heavy atom. The topological polar surface area (TPSA) is 113 Å². The first-order valence-electron chi connectivity index (χ1n) is 15.0. The number of nitrogens with one attached hydrogen (secondary N) is 1. The third-order valence-corrected chi connectivity index (χ3v) is 8.81. The van der Waals surface area contributed by atoms with Crippen molar-refractivity contribution in [2.45, 2.75) is 111 Å². The molecule has 40 heavy (non-hydrogen) atoms. The van der Waals surface area contributed by atoms with Crippen LogP contribution in [-0.2, 0) is 19.2 Å². The van der Waals surface area contributed by atoms with Crippen molar-refractivity contribution in [1.29, 1.82) is 0 Å². The maximum Gasteiger partial charge on any atom is 0.326 e. The minimum atomic E-state index is -1.00. The van der Waals surface area contributed by atoms with Gasteiger partial charge in [-0.15, -0.1) is 0 Å². The van der Waals surface area contributed by atoms with E-state index < -0.39 is 29.5 Å². The molecule has 3 amide bonds.